The molecule has 0 saturated heterocycles. The average molecular weight is 494 g/mol. The molecule has 0 fully saturated rings. The Hall–Kier alpha value is -2.91. The Labute approximate surface area is 206 Å². The second-order valence-corrected chi connectivity index (χ2v) is 11.1. The summed E-state index contributed by atoms with van der Waals surface area (Å²) in [5.74, 6) is -0.149. The van der Waals surface area contributed by atoms with Gasteiger partial charge < -0.3 is 5.32 Å². The van der Waals surface area contributed by atoms with E-state index in [-0.39, 0.29) is 11.5 Å². The minimum absolute atomic E-state index is 0.0512. The van der Waals surface area contributed by atoms with Gasteiger partial charge in [0.2, 0.25) is 5.91 Å². The molecule has 9 heteroatoms. The van der Waals surface area contributed by atoms with Gasteiger partial charge in [0, 0.05) is 11.9 Å². The van der Waals surface area contributed by atoms with Crippen molar-refractivity contribution in [3.8, 4) is 5.69 Å². The van der Waals surface area contributed by atoms with E-state index in [1.807, 2.05) is 58.2 Å². The molecule has 0 saturated carbocycles. The van der Waals surface area contributed by atoms with E-state index in [0.717, 1.165) is 58.7 Å². The Morgan fingerprint density at radius 3 is 2.62 bits per heavy atom. The highest BCUT2D eigenvalue weighted by molar-refractivity contribution is 8.00. The molecule has 1 aliphatic carbocycles. The van der Waals surface area contributed by atoms with E-state index in [1.165, 1.54) is 22.2 Å². The SMILES string of the molecule is Cc1nn(C)c(C)c1NC(=O)C(C)Sc1nc2sc3c(c2c(=O)n1-c1ccccc1)CCCC3. The van der Waals surface area contributed by atoms with Crippen molar-refractivity contribution in [2.45, 2.75) is 56.9 Å². The summed E-state index contributed by atoms with van der Waals surface area (Å²) in [4.78, 5) is 33.9. The number of carbonyl (C=O) groups excluding carboxylic acids is 1. The van der Waals surface area contributed by atoms with Crippen LogP contribution < -0.4 is 10.9 Å². The number of benzene rings is 1. The normalized spacial score (nSPS) is 14.2. The summed E-state index contributed by atoms with van der Waals surface area (Å²) in [6.07, 6.45) is 4.19. The van der Waals surface area contributed by atoms with Gasteiger partial charge in [-0.3, -0.25) is 18.8 Å². The number of nitrogens with zero attached hydrogens (tertiary/aromatic N) is 4. The van der Waals surface area contributed by atoms with Crippen molar-refractivity contribution in [3.05, 3.63) is 62.5 Å². The molecule has 176 valence electrons. The molecule has 0 spiro atoms. The molecule has 1 aromatic carbocycles. The number of para-hydroxylation sites is 1. The third-order valence-electron chi connectivity index (χ3n) is 6.38. The summed E-state index contributed by atoms with van der Waals surface area (Å²) in [6.45, 7) is 5.64. The number of anilines is 1. The molecule has 1 atom stereocenters. The van der Waals surface area contributed by atoms with Crippen molar-refractivity contribution in [2.24, 2.45) is 7.05 Å². The number of aromatic nitrogens is 4. The monoisotopic (exact) mass is 493 g/mol. The number of thioether (sulfide) groups is 1. The van der Waals surface area contributed by atoms with Crippen LogP contribution in [0.1, 0.15) is 41.6 Å². The molecule has 3 aromatic heterocycles. The van der Waals surface area contributed by atoms with Crippen LogP contribution in [0, 0.1) is 13.8 Å². The number of hydrogen-bond donors (Lipinski definition) is 1. The molecule has 0 bridgehead atoms. The zero-order valence-electron chi connectivity index (χ0n) is 19.7. The predicted molar refractivity (Wildman–Crippen MR) is 138 cm³/mol. The summed E-state index contributed by atoms with van der Waals surface area (Å²) in [7, 11) is 1.86. The van der Waals surface area contributed by atoms with Crippen LogP contribution in [0.25, 0.3) is 15.9 Å². The summed E-state index contributed by atoms with van der Waals surface area (Å²) < 4.78 is 3.42. The van der Waals surface area contributed by atoms with Gasteiger partial charge in [-0.15, -0.1) is 11.3 Å². The second-order valence-electron chi connectivity index (χ2n) is 8.68. The molecule has 3 heterocycles. The Bertz CT molecular complexity index is 1450. The lowest BCUT2D eigenvalue weighted by molar-refractivity contribution is -0.115. The lowest BCUT2D eigenvalue weighted by Crippen LogP contribution is -2.26. The van der Waals surface area contributed by atoms with Crippen LogP contribution >= 0.6 is 23.1 Å². The smallest absolute Gasteiger partial charge is 0.267 e. The number of thiophene rings is 1. The van der Waals surface area contributed by atoms with Crippen LogP contribution in [-0.2, 0) is 24.7 Å². The molecular formula is C25H27N5O2S2. The minimum atomic E-state index is -0.465. The average Bonchev–Trinajstić information content (AvgIpc) is 3.31. The maximum atomic E-state index is 13.8. The van der Waals surface area contributed by atoms with Gasteiger partial charge in [-0.05, 0) is 64.2 Å². The van der Waals surface area contributed by atoms with Crippen LogP contribution in [0.5, 0.6) is 0 Å². The topological polar surface area (TPSA) is 81.8 Å². The summed E-state index contributed by atoms with van der Waals surface area (Å²) in [6, 6.07) is 9.56. The summed E-state index contributed by atoms with van der Waals surface area (Å²) in [5, 5.41) is 8.20. The van der Waals surface area contributed by atoms with Crippen molar-refractivity contribution in [1.82, 2.24) is 19.3 Å². The van der Waals surface area contributed by atoms with Gasteiger partial charge in [0.1, 0.15) is 4.83 Å². The predicted octanol–water partition coefficient (Wildman–Crippen LogP) is 4.80. The van der Waals surface area contributed by atoms with E-state index in [2.05, 4.69) is 10.4 Å². The molecule has 5 rings (SSSR count). The molecule has 0 aliphatic heterocycles. The van der Waals surface area contributed by atoms with Gasteiger partial charge in [-0.1, -0.05) is 30.0 Å². The summed E-state index contributed by atoms with van der Waals surface area (Å²) in [5.41, 5.74) is 4.27. The van der Waals surface area contributed by atoms with Gasteiger partial charge >= 0.3 is 0 Å². The minimum Gasteiger partial charge on any atom is -0.322 e. The van der Waals surface area contributed by atoms with Gasteiger partial charge in [0.25, 0.3) is 5.56 Å². The number of aryl methyl sites for hydroxylation is 4. The highest BCUT2D eigenvalue weighted by Crippen LogP contribution is 2.36. The number of hydrogen-bond acceptors (Lipinski definition) is 6. The fraction of sp³-hybridized carbons (Fsp3) is 0.360. The van der Waals surface area contributed by atoms with Gasteiger partial charge in [-0.25, -0.2) is 4.98 Å². The fourth-order valence-electron chi connectivity index (χ4n) is 4.46. The van der Waals surface area contributed by atoms with Crippen molar-refractivity contribution in [1.29, 1.82) is 0 Å². The van der Waals surface area contributed by atoms with Crippen LogP contribution in [0.2, 0.25) is 0 Å². The highest BCUT2D eigenvalue weighted by Gasteiger charge is 2.25. The maximum Gasteiger partial charge on any atom is 0.267 e. The standard InChI is InChI=1S/C25H27N5O2S2/c1-14-21(15(2)29(4)28-14)26-22(31)16(3)33-25-27-23-20(18-12-8-9-13-19(18)34-23)24(32)30(25)17-10-6-5-7-11-17/h5-7,10-11,16H,8-9,12-13H2,1-4H3,(H,26,31). The Kier molecular flexibility index (Phi) is 6.07. The third-order valence-corrected chi connectivity index (χ3v) is 8.62. The number of rotatable bonds is 5. The zero-order valence-corrected chi connectivity index (χ0v) is 21.3. The molecule has 1 aliphatic rings. The Morgan fingerprint density at radius 2 is 1.91 bits per heavy atom. The first kappa shape index (κ1) is 22.9. The Morgan fingerprint density at radius 1 is 1.18 bits per heavy atom. The quantitative estimate of drug-likeness (QED) is 0.319. The molecular weight excluding hydrogens is 466 g/mol. The first-order chi connectivity index (χ1) is 16.3. The lowest BCUT2D eigenvalue weighted by atomic mass is 9.97. The van der Waals surface area contributed by atoms with E-state index in [0.29, 0.717) is 5.16 Å². The number of carbonyl (C=O) groups is 1. The lowest BCUT2D eigenvalue weighted by Gasteiger charge is -2.16. The van der Waals surface area contributed by atoms with E-state index < -0.39 is 5.25 Å². The molecule has 1 N–H and O–H groups in total. The van der Waals surface area contributed by atoms with Crippen LogP contribution in [0.3, 0.4) is 0 Å². The van der Waals surface area contributed by atoms with E-state index in [9.17, 15) is 9.59 Å². The molecule has 1 unspecified atom stereocenters. The molecule has 7 nitrogen and oxygen atoms in total. The van der Waals surface area contributed by atoms with Crippen LogP contribution in [0.4, 0.5) is 5.69 Å². The first-order valence-electron chi connectivity index (χ1n) is 11.5. The van der Waals surface area contributed by atoms with E-state index in [1.54, 1.807) is 20.6 Å². The zero-order chi connectivity index (χ0) is 24.0. The summed E-state index contributed by atoms with van der Waals surface area (Å²) >= 11 is 2.93. The number of amides is 1. The van der Waals surface area contributed by atoms with Crippen molar-refractivity contribution in [3.63, 3.8) is 0 Å². The van der Waals surface area contributed by atoms with Crippen LogP contribution in [0.15, 0.2) is 40.3 Å². The van der Waals surface area contributed by atoms with E-state index >= 15 is 0 Å². The van der Waals surface area contributed by atoms with Crippen molar-refractivity contribution >= 4 is 44.9 Å². The third kappa shape index (κ3) is 3.96. The van der Waals surface area contributed by atoms with Gasteiger partial charge in [0.05, 0.1) is 33.4 Å². The maximum absolute atomic E-state index is 13.8. The molecule has 0 radical (unpaired) electrons. The van der Waals surface area contributed by atoms with Crippen LogP contribution in [-0.4, -0.2) is 30.5 Å². The van der Waals surface area contributed by atoms with Gasteiger partial charge in [-0.2, -0.15) is 5.10 Å². The van der Waals surface area contributed by atoms with E-state index in [4.69, 9.17) is 4.98 Å². The number of nitrogens with one attached hydrogen (secondary N) is 1. The van der Waals surface area contributed by atoms with Gasteiger partial charge in [0.15, 0.2) is 5.16 Å². The molecule has 34 heavy (non-hydrogen) atoms. The fourth-order valence-corrected chi connectivity index (χ4v) is 6.69. The number of fused-ring (bicyclic) bond motifs is 3. The second kappa shape index (κ2) is 9.03. The molecule has 1 amide bonds. The largest absolute Gasteiger partial charge is 0.322 e. The Balaban J connectivity index is 1.55. The van der Waals surface area contributed by atoms with Crippen molar-refractivity contribution < 1.29 is 4.79 Å². The van der Waals surface area contributed by atoms with Crippen molar-refractivity contribution in [2.75, 3.05) is 5.32 Å². The first-order valence-corrected chi connectivity index (χ1v) is 13.1. The highest BCUT2D eigenvalue weighted by atomic mass is 32.2. The molecule has 4 aromatic rings.